The molecule has 0 aliphatic rings. The summed E-state index contributed by atoms with van der Waals surface area (Å²) in [6.45, 7) is 4.03. The number of hydrogen-bond acceptors (Lipinski definition) is 2. The predicted molar refractivity (Wildman–Crippen MR) is 60.9 cm³/mol. The molecule has 1 rings (SSSR count). The second-order valence-electron chi connectivity index (χ2n) is 3.96. The molecule has 0 amide bonds. The largest absolute Gasteiger partial charge is 0.481 e. The Hall–Kier alpha value is -1.51. The second kappa shape index (κ2) is 5.39. The van der Waals surface area contributed by atoms with E-state index in [1.165, 1.54) is 0 Å². The van der Waals surface area contributed by atoms with Crippen LogP contribution in [-0.2, 0) is 4.79 Å². The third-order valence-corrected chi connectivity index (χ3v) is 2.33. The van der Waals surface area contributed by atoms with Crippen molar-refractivity contribution in [3.8, 4) is 0 Å². The van der Waals surface area contributed by atoms with Gasteiger partial charge in [0, 0.05) is 11.7 Å². The van der Waals surface area contributed by atoms with E-state index in [1.807, 2.05) is 44.2 Å². The third-order valence-electron chi connectivity index (χ3n) is 2.33. The smallest absolute Gasteiger partial charge is 0.305 e. The summed E-state index contributed by atoms with van der Waals surface area (Å²) in [5.74, 6) is -0.474. The molecule has 82 valence electrons. The zero-order chi connectivity index (χ0) is 11.3. The molecule has 1 aromatic carbocycles. The predicted octanol–water partition coefficient (Wildman–Crippen LogP) is 2.60. The van der Waals surface area contributed by atoms with Crippen LogP contribution in [0.15, 0.2) is 30.3 Å². The van der Waals surface area contributed by atoms with Gasteiger partial charge in [0.1, 0.15) is 0 Å². The van der Waals surface area contributed by atoms with E-state index < -0.39 is 5.97 Å². The fraction of sp³-hybridized carbons (Fsp3) is 0.417. The normalized spacial score (nSPS) is 12.5. The molecule has 3 heteroatoms. The highest BCUT2D eigenvalue weighted by molar-refractivity contribution is 5.68. The molecule has 0 saturated heterocycles. The fourth-order valence-corrected chi connectivity index (χ4v) is 1.39. The molecule has 0 aromatic heterocycles. The molecule has 3 nitrogen and oxygen atoms in total. The van der Waals surface area contributed by atoms with E-state index >= 15 is 0 Å². The van der Waals surface area contributed by atoms with Crippen molar-refractivity contribution in [3.63, 3.8) is 0 Å². The number of carboxylic acid groups (broad SMARTS) is 1. The van der Waals surface area contributed by atoms with Crippen molar-refractivity contribution in [1.29, 1.82) is 0 Å². The molecule has 0 radical (unpaired) electrons. The molecule has 15 heavy (non-hydrogen) atoms. The number of carbonyl (C=O) groups is 1. The molecule has 0 aliphatic heterocycles. The zero-order valence-electron chi connectivity index (χ0n) is 9.10. The maximum atomic E-state index is 10.7. The maximum absolute atomic E-state index is 10.7. The van der Waals surface area contributed by atoms with Crippen LogP contribution in [0.4, 0.5) is 5.69 Å². The van der Waals surface area contributed by atoms with Crippen molar-refractivity contribution < 1.29 is 9.90 Å². The summed E-state index contributed by atoms with van der Waals surface area (Å²) in [6.07, 6.45) is 0.145. The molecule has 0 aliphatic carbocycles. The standard InChI is InChI=1S/C12H17NO2/c1-9(2)11(8-12(14)15)13-10-6-4-3-5-7-10/h3-7,9,11,13H,8H2,1-2H3,(H,14,15)/t11-/m1/s1. The number of benzene rings is 1. The first-order valence-corrected chi connectivity index (χ1v) is 5.13. The molecular weight excluding hydrogens is 190 g/mol. The van der Waals surface area contributed by atoms with Gasteiger partial charge in [-0.1, -0.05) is 32.0 Å². The van der Waals surface area contributed by atoms with Crippen molar-refractivity contribution >= 4 is 11.7 Å². The zero-order valence-corrected chi connectivity index (χ0v) is 9.10. The van der Waals surface area contributed by atoms with Gasteiger partial charge in [-0.05, 0) is 18.1 Å². The Morgan fingerprint density at radius 3 is 2.40 bits per heavy atom. The van der Waals surface area contributed by atoms with E-state index in [0.29, 0.717) is 5.92 Å². The van der Waals surface area contributed by atoms with Crippen LogP contribution in [0, 0.1) is 5.92 Å². The van der Waals surface area contributed by atoms with Crippen LogP contribution >= 0.6 is 0 Å². The molecule has 0 unspecified atom stereocenters. The minimum absolute atomic E-state index is 0.0232. The van der Waals surface area contributed by atoms with Gasteiger partial charge in [-0.2, -0.15) is 0 Å². The number of para-hydroxylation sites is 1. The SMILES string of the molecule is CC(C)[C@@H](CC(=O)O)Nc1ccccc1. The molecule has 0 spiro atoms. The number of anilines is 1. The van der Waals surface area contributed by atoms with Crippen molar-refractivity contribution in [2.45, 2.75) is 26.3 Å². The number of carboxylic acids is 1. The average Bonchev–Trinajstić information content (AvgIpc) is 2.17. The number of hydrogen-bond donors (Lipinski definition) is 2. The number of rotatable bonds is 5. The Labute approximate surface area is 90.1 Å². The van der Waals surface area contributed by atoms with Crippen molar-refractivity contribution in [3.05, 3.63) is 30.3 Å². The van der Waals surface area contributed by atoms with Gasteiger partial charge in [-0.25, -0.2) is 0 Å². The summed E-state index contributed by atoms with van der Waals surface area (Å²) in [5, 5.41) is 12.0. The van der Waals surface area contributed by atoms with E-state index in [2.05, 4.69) is 5.32 Å². The van der Waals surface area contributed by atoms with Crippen LogP contribution in [0.25, 0.3) is 0 Å². The van der Waals surface area contributed by atoms with Crippen molar-refractivity contribution in [2.24, 2.45) is 5.92 Å². The van der Waals surface area contributed by atoms with Crippen LogP contribution in [0.5, 0.6) is 0 Å². The first kappa shape index (κ1) is 11.6. The molecule has 0 bridgehead atoms. The first-order valence-electron chi connectivity index (χ1n) is 5.13. The quantitative estimate of drug-likeness (QED) is 0.780. The fourth-order valence-electron chi connectivity index (χ4n) is 1.39. The molecule has 0 saturated carbocycles. The van der Waals surface area contributed by atoms with E-state index in [-0.39, 0.29) is 12.5 Å². The van der Waals surface area contributed by atoms with E-state index in [0.717, 1.165) is 5.69 Å². The Bertz CT molecular complexity index is 309. The lowest BCUT2D eigenvalue weighted by molar-refractivity contribution is -0.137. The number of aliphatic carboxylic acids is 1. The van der Waals surface area contributed by atoms with E-state index in [1.54, 1.807) is 0 Å². The summed E-state index contributed by atoms with van der Waals surface area (Å²) >= 11 is 0. The second-order valence-corrected chi connectivity index (χ2v) is 3.96. The van der Waals surface area contributed by atoms with Crippen molar-refractivity contribution in [1.82, 2.24) is 0 Å². The Balaban J connectivity index is 2.63. The highest BCUT2D eigenvalue weighted by atomic mass is 16.4. The van der Waals surface area contributed by atoms with E-state index in [4.69, 9.17) is 5.11 Å². The van der Waals surface area contributed by atoms with Gasteiger partial charge >= 0.3 is 5.97 Å². The molecule has 1 atom stereocenters. The van der Waals surface area contributed by atoms with Crippen LogP contribution in [0.1, 0.15) is 20.3 Å². The van der Waals surface area contributed by atoms with Gasteiger partial charge in [-0.3, -0.25) is 4.79 Å². The highest BCUT2D eigenvalue weighted by Crippen LogP contribution is 2.14. The Morgan fingerprint density at radius 2 is 1.93 bits per heavy atom. The summed E-state index contributed by atoms with van der Waals surface area (Å²) < 4.78 is 0. The summed E-state index contributed by atoms with van der Waals surface area (Å²) in [7, 11) is 0. The Morgan fingerprint density at radius 1 is 1.33 bits per heavy atom. The lowest BCUT2D eigenvalue weighted by Crippen LogP contribution is -2.28. The third kappa shape index (κ3) is 4.02. The lowest BCUT2D eigenvalue weighted by Gasteiger charge is -2.21. The molecule has 0 fully saturated rings. The van der Waals surface area contributed by atoms with Crippen LogP contribution in [0.3, 0.4) is 0 Å². The van der Waals surface area contributed by atoms with Gasteiger partial charge in [0.05, 0.1) is 6.42 Å². The van der Waals surface area contributed by atoms with Gasteiger partial charge in [0.15, 0.2) is 0 Å². The van der Waals surface area contributed by atoms with Gasteiger partial charge in [0.2, 0.25) is 0 Å². The monoisotopic (exact) mass is 207 g/mol. The maximum Gasteiger partial charge on any atom is 0.305 e. The van der Waals surface area contributed by atoms with Crippen LogP contribution in [-0.4, -0.2) is 17.1 Å². The highest BCUT2D eigenvalue weighted by Gasteiger charge is 2.16. The average molecular weight is 207 g/mol. The Kier molecular flexibility index (Phi) is 4.16. The first-order chi connectivity index (χ1) is 7.09. The summed E-state index contributed by atoms with van der Waals surface area (Å²) in [5.41, 5.74) is 0.970. The minimum Gasteiger partial charge on any atom is -0.481 e. The molecular formula is C12H17NO2. The van der Waals surface area contributed by atoms with Gasteiger partial charge in [0.25, 0.3) is 0 Å². The van der Waals surface area contributed by atoms with Gasteiger partial charge in [-0.15, -0.1) is 0 Å². The minimum atomic E-state index is -0.767. The van der Waals surface area contributed by atoms with E-state index in [9.17, 15) is 4.79 Å². The summed E-state index contributed by atoms with van der Waals surface area (Å²) in [4.78, 5) is 10.7. The lowest BCUT2D eigenvalue weighted by atomic mass is 10.0. The topological polar surface area (TPSA) is 49.3 Å². The van der Waals surface area contributed by atoms with Crippen molar-refractivity contribution in [2.75, 3.05) is 5.32 Å². The van der Waals surface area contributed by atoms with Crippen LogP contribution < -0.4 is 5.32 Å². The summed E-state index contributed by atoms with van der Waals surface area (Å²) in [6, 6.07) is 9.66. The molecule has 2 N–H and O–H groups in total. The number of nitrogens with one attached hydrogen (secondary N) is 1. The van der Waals surface area contributed by atoms with Gasteiger partial charge < -0.3 is 10.4 Å². The molecule has 1 aromatic rings. The molecule has 0 heterocycles. The van der Waals surface area contributed by atoms with Crippen LogP contribution in [0.2, 0.25) is 0 Å².